The molecule has 0 atom stereocenters. The summed E-state index contributed by atoms with van der Waals surface area (Å²) in [4.78, 5) is 42.5. The third-order valence-electron chi connectivity index (χ3n) is 4.36. The molecule has 1 aliphatic heterocycles. The van der Waals surface area contributed by atoms with Gasteiger partial charge in [0.25, 0.3) is 5.91 Å². The molecule has 0 unspecified atom stereocenters. The number of carbonyl (C=O) groups is 3. The maximum Gasteiger partial charge on any atom is 0.274 e. The van der Waals surface area contributed by atoms with E-state index < -0.39 is 0 Å². The molecule has 1 saturated heterocycles. The molecule has 1 aliphatic rings. The number of Topliss-reactive ketones (excluding diaryl/α,β-unsaturated/α-hetero) is 1. The maximum atomic E-state index is 12.3. The van der Waals surface area contributed by atoms with E-state index >= 15 is 0 Å². The molecule has 26 heavy (non-hydrogen) atoms. The quantitative estimate of drug-likeness (QED) is 0.656. The van der Waals surface area contributed by atoms with Crippen LogP contribution in [0.25, 0.3) is 0 Å². The van der Waals surface area contributed by atoms with E-state index in [0.717, 1.165) is 25.2 Å². The minimum atomic E-state index is -0.308. The van der Waals surface area contributed by atoms with Crippen molar-refractivity contribution in [2.75, 3.05) is 36.4 Å². The van der Waals surface area contributed by atoms with E-state index in [2.05, 4.69) is 15.2 Å². The molecule has 2 aromatic rings. The molecule has 1 N–H and O–H groups in total. The summed E-state index contributed by atoms with van der Waals surface area (Å²) in [7, 11) is 0. The predicted molar refractivity (Wildman–Crippen MR) is 98.5 cm³/mol. The third-order valence-corrected chi connectivity index (χ3v) is 4.36. The Morgan fingerprint density at radius 3 is 2.27 bits per heavy atom. The lowest BCUT2D eigenvalue weighted by Gasteiger charge is -2.33. The number of hydrogen-bond donors (Lipinski definition) is 1. The predicted octanol–water partition coefficient (Wildman–Crippen LogP) is 1.81. The molecule has 0 aliphatic carbocycles. The summed E-state index contributed by atoms with van der Waals surface area (Å²) in [5.41, 5.74) is 2.45. The van der Waals surface area contributed by atoms with Crippen LogP contribution in [-0.2, 0) is 4.79 Å². The average molecular weight is 352 g/mol. The second kappa shape index (κ2) is 7.77. The van der Waals surface area contributed by atoms with Crippen molar-refractivity contribution in [3.05, 3.63) is 53.9 Å². The number of carbonyl (C=O) groups excluding carboxylic acids is 3. The van der Waals surface area contributed by atoms with Crippen LogP contribution in [0.5, 0.6) is 0 Å². The van der Waals surface area contributed by atoms with Crippen LogP contribution < -0.4 is 10.2 Å². The van der Waals surface area contributed by atoms with Gasteiger partial charge in [0.1, 0.15) is 5.69 Å². The summed E-state index contributed by atoms with van der Waals surface area (Å²) in [5, 5.41) is 2.76. The molecule has 7 nitrogen and oxygen atoms in total. The average Bonchev–Trinajstić information content (AvgIpc) is 2.68. The van der Waals surface area contributed by atoms with Crippen LogP contribution in [0.4, 0.5) is 11.4 Å². The van der Waals surface area contributed by atoms with E-state index in [-0.39, 0.29) is 11.7 Å². The fraction of sp³-hybridized carbons (Fsp3) is 0.263. The summed E-state index contributed by atoms with van der Waals surface area (Å²) in [6, 6.07) is 10.3. The Morgan fingerprint density at radius 1 is 1.04 bits per heavy atom. The molecule has 1 fully saturated rings. The number of nitrogens with zero attached hydrogens (tertiary/aromatic N) is 3. The zero-order valence-electron chi connectivity index (χ0n) is 14.5. The summed E-state index contributed by atoms with van der Waals surface area (Å²) in [6.45, 7) is 4.35. The van der Waals surface area contributed by atoms with Gasteiger partial charge in [0.2, 0.25) is 6.41 Å². The number of ketones is 1. The number of benzene rings is 1. The highest BCUT2D eigenvalue weighted by Crippen LogP contribution is 2.16. The van der Waals surface area contributed by atoms with Crippen molar-refractivity contribution in [2.24, 2.45) is 0 Å². The number of rotatable bonds is 5. The molecule has 3 rings (SSSR count). The molecule has 0 radical (unpaired) electrons. The number of amides is 2. The molecule has 1 aromatic heterocycles. The number of pyridine rings is 1. The Bertz CT molecular complexity index is 795. The van der Waals surface area contributed by atoms with Crippen molar-refractivity contribution in [2.45, 2.75) is 6.92 Å². The summed E-state index contributed by atoms with van der Waals surface area (Å²) >= 11 is 0. The van der Waals surface area contributed by atoms with E-state index in [1.807, 2.05) is 6.07 Å². The van der Waals surface area contributed by atoms with Gasteiger partial charge < -0.3 is 15.1 Å². The first-order valence-corrected chi connectivity index (χ1v) is 8.39. The van der Waals surface area contributed by atoms with Crippen molar-refractivity contribution in [3.8, 4) is 0 Å². The van der Waals surface area contributed by atoms with Crippen LogP contribution in [0.2, 0.25) is 0 Å². The molecule has 2 amide bonds. The van der Waals surface area contributed by atoms with Gasteiger partial charge in [-0.05, 0) is 43.3 Å². The van der Waals surface area contributed by atoms with E-state index in [1.165, 1.54) is 6.92 Å². The van der Waals surface area contributed by atoms with Gasteiger partial charge in [-0.2, -0.15) is 0 Å². The van der Waals surface area contributed by atoms with Gasteiger partial charge in [-0.3, -0.25) is 14.4 Å². The van der Waals surface area contributed by atoms with Gasteiger partial charge in [-0.25, -0.2) is 4.98 Å². The highest BCUT2D eigenvalue weighted by atomic mass is 16.2. The summed E-state index contributed by atoms with van der Waals surface area (Å²) in [5.74, 6) is -0.327. The standard InChI is InChI=1S/C19H20N4O3/c1-14(25)15-2-4-16(5-3-15)21-19(26)18-7-6-17(12-20-18)23-10-8-22(13-24)9-11-23/h2-7,12-13H,8-11H2,1H3,(H,21,26). The van der Waals surface area contributed by atoms with E-state index in [9.17, 15) is 14.4 Å². The summed E-state index contributed by atoms with van der Waals surface area (Å²) in [6.07, 6.45) is 2.54. The lowest BCUT2D eigenvalue weighted by molar-refractivity contribution is -0.118. The molecule has 1 aromatic carbocycles. The van der Waals surface area contributed by atoms with Crippen molar-refractivity contribution >= 4 is 29.5 Å². The summed E-state index contributed by atoms with van der Waals surface area (Å²) < 4.78 is 0. The van der Waals surface area contributed by atoms with E-state index in [4.69, 9.17) is 0 Å². The second-order valence-electron chi connectivity index (χ2n) is 6.12. The fourth-order valence-corrected chi connectivity index (χ4v) is 2.78. The van der Waals surface area contributed by atoms with Gasteiger partial charge in [0.05, 0.1) is 11.9 Å². The van der Waals surface area contributed by atoms with Crippen LogP contribution >= 0.6 is 0 Å². The number of aromatic nitrogens is 1. The SMILES string of the molecule is CC(=O)c1ccc(NC(=O)c2ccc(N3CCN(C=O)CC3)cn2)cc1. The van der Waals surface area contributed by atoms with E-state index in [0.29, 0.717) is 30.0 Å². The molecular weight excluding hydrogens is 332 g/mol. The number of hydrogen-bond acceptors (Lipinski definition) is 5. The first-order chi connectivity index (χ1) is 12.6. The Morgan fingerprint density at radius 2 is 1.73 bits per heavy atom. The largest absolute Gasteiger partial charge is 0.367 e. The van der Waals surface area contributed by atoms with Crippen molar-refractivity contribution < 1.29 is 14.4 Å². The minimum absolute atomic E-state index is 0.0193. The van der Waals surface area contributed by atoms with Crippen molar-refractivity contribution in [1.29, 1.82) is 0 Å². The second-order valence-corrected chi connectivity index (χ2v) is 6.12. The minimum Gasteiger partial charge on any atom is -0.367 e. The van der Waals surface area contributed by atoms with Crippen LogP contribution in [0.1, 0.15) is 27.8 Å². The monoisotopic (exact) mass is 352 g/mol. The smallest absolute Gasteiger partial charge is 0.274 e. The molecule has 2 heterocycles. The van der Waals surface area contributed by atoms with Crippen LogP contribution in [0.15, 0.2) is 42.6 Å². The normalized spacial score (nSPS) is 14.0. The molecule has 0 saturated carbocycles. The van der Waals surface area contributed by atoms with E-state index in [1.54, 1.807) is 41.4 Å². The molecular formula is C19H20N4O3. The van der Waals surface area contributed by atoms with Gasteiger partial charge in [-0.15, -0.1) is 0 Å². The van der Waals surface area contributed by atoms with Crippen LogP contribution in [-0.4, -0.2) is 54.2 Å². The van der Waals surface area contributed by atoms with Gasteiger partial charge in [0.15, 0.2) is 5.78 Å². The Labute approximate surface area is 151 Å². The van der Waals surface area contributed by atoms with Gasteiger partial charge >= 0.3 is 0 Å². The number of nitrogens with one attached hydrogen (secondary N) is 1. The number of anilines is 2. The topological polar surface area (TPSA) is 82.6 Å². The van der Waals surface area contributed by atoms with Crippen molar-refractivity contribution in [1.82, 2.24) is 9.88 Å². The first-order valence-electron chi connectivity index (χ1n) is 8.39. The zero-order chi connectivity index (χ0) is 18.5. The zero-order valence-corrected chi connectivity index (χ0v) is 14.5. The number of piperazine rings is 1. The van der Waals surface area contributed by atoms with Gasteiger partial charge in [-0.1, -0.05) is 0 Å². The Kier molecular flexibility index (Phi) is 5.26. The fourth-order valence-electron chi connectivity index (χ4n) is 2.78. The highest BCUT2D eigenvalue weighted by Gasteiger charge is 2.16. The van der Waals surface area contributed by atoms with Gasteiger partial charge in [0, 0.05) is 37.4 Å². The molecule has 0 spiro atoms. The molecule has 134 valence electrons. The molecule has 7 heteroatoms. The lowest BCUT2D eigenvalue weighted by atomic mass is 10.1. The van der Waals surface area contributed by atoms with Crippen LogP contribution in [0.3, 0.4) is 0 Å². The third kappa shape index (κ3) is 4.05. The highest BCUT2D eigenvalue weighted by molar-refractivity contribution is 6.03. The Balaban J connectivity index is 1.61. The lowest BCUT2D eigenvalue weighted by Crippen LogP contribution is -2.45. The van der Waals surface area contributed by atoms with Crippen LogP contribution in [0, 0.1) is 0 Å². The first kappa shape index (κ1) is 17.6. The maximum absolute atomic E-state index is 12.3. The van der Waals surface area contributed by atoms with Crippen molar-refractivity contribution in [3.63, 3.8) is 0 Å². The molecule has 0 bridgehead atoms. The Hall–Kier alpha value is -3.22.